The first-order chi connectivity index (χ1) is 24.3. The zero-order valence-electron chi connectivity index (χ0n) is 26.8. The molecule has 1 saturated heterocycles. The highest BCUT2D eigenvalue weighted by molar-refractivity contribution is 5.91. The molecule has 1 aliphatic rings. The molecule has 0 aliphatic carbocycles. The molecule has 0 bridgehead atoms. The summed E-state index contributed by atoms with van der Waals surface area (Å²) in [6.07, 6.45) is -6.22. The van der Waals surface area contributed by atoms with Gasteiger partial charge in [-0.15, -0.1) is 6.58 Å². The van der Waals surface area contributed by atoms with Crippen LogP contribution in [0.2, 0.25) is 0 Å². The average molecular weight is 679 g/mol. The van der Waals surface area contributed by atoms with Gasteiger partial charge in [-0.2, -0.15) is 0 Å². The Labute approximate surface area is 288 Å². The topological polar surface area (TPSA) is 141 Å². The fraction of sp³-hybridized carbons (Fsp3) is 0.205. The Balaban J connectivity index is 1.56. The average Bonchev–Trinajstić information content (AvgIpc) is 3.16. The van der Waals surface area contributed by atoms with E-state index in [1.165, 1.54) is 42.5 Å². The first kappa shape index (κ1) is 35.2. The number of benzene rings is 4. The van der Waals surface area contributed by atoms with Crippen molar-refractivity contribution >= 4 is 29.8 Å². The van der Waals surface area contributed by atoms with Gasteiger partial charge in [-0.25, -0.2) is 19.2 Å². The van der Waals surface area contributed by atoms with Crippen LogP contribution in [0.5, 0.6) is 0 Å². The Bertz CT molecular complexity index is 1760. The van der Waals surface area contributed by atoms with Crippen LogP contribution in [-0.2, 0) is 33.2 Å². The molecule has 0 amide bonds. The van der Waals surface area contributed by atoms with E-state index in [1.807, 2.05) is 0 Å². The Hall–Kier alpha value is -6.07. The zero-order valence-corrected chi connectivity index (χ0v) is 26.8. The molecule has 0 aromatic heterocycles. The van der Waals surface area contributed by atoms with E-state index < -0.39 is 67.2 Å². The third-order valence-electron chi connectivity index (χ3n) is 7.54. The summed E-state index contributed by atoms with van der Waals surface area (Å²) < 4.78 is 35.2. The van der Waals surface area contributed by atoms with Gasteiger partial charge in [-0.05, 0) is 55.0 Å². The summed E-state index contributed by atoms with van der Waals surface area (Å²) in [4.78, 5) is 66.5. The first-order valence-corrected chi connectivity index (χ1v) is 15.8. The van der Waals surface area contributed by atoms with Gasteiger partial charge in [0.2, 0.25) is 12.4 Å². The molecule has 1 unspecified atom stereocenters. The number of allylic oxidation sites excluding steroid dienone is 1. The van der Waals surface area contributed by atoms with Crippen LogP contribution in [0.25, 0.3) is 0 Å². The summed E-state index contributed by atoms with van der Waals surface area (Å²) in [5.41, 5.74) is 0.646. The SMILES string of the molecule is C=CCCC(=O)OC1O[C@H](COC(=O)c2ccccc2)[C@@H](OC(=O)c2ccccc2)[C@H](OC(=O)c2ccccc2)[C@H]1OC(=O)c1ccccc1. The highest BCUT2D eigenvalue weighted by Crippen LogP contribution is 2.32. The molecule has 5 atom stereocenters. The van der Waals surface area contributed by atoms with Crippen LogP contribution in [-0.4, -0.2) is 67.2 Å². The zero-order chi connectivity index (χ0) is 35.3. The summed E-state index contributed by atoms with van der Waals surface area (Å²) >= 11 is 0. The maximum atomic E-state index is 13.6. The Morgan fingerprint density at radius 3 is 1.38 bits per heavy atom. The fourth-order valence-electron chi connectivity index (χ4n) is 5.03. The van der Waals surface area contributed by atoms with Crippen LogP contribution < -0.4 is 0 Å². The van der Waals surface area contributed by atoms with Crippen molar-refractivity contribution in [3.63, 3.8) is 0 Å². The molecular formula is C39H34O11. The standard InChI is InChI=1S/C39H34O11/c1-2-3-24-31(40)47-39-34(50-38(44)29-22-14-7-15-23-29)33(49-37(43)28-20-12-6-13-21-28)32(48-36(42)27-18-10-5-11-19-27)30(46-39)25-45-35(41)26-16-8-4-9-17-26/h2,4-23,30,32-34,39H,1,3,24-25H2/t30-,32-,33+,34-,39?/m1/s1. The van der Waals surface area contributed by atoms with E-state index in [9.17, 15) is 24.0 Å². The van der Waals surface area contributed by atoms with Gasteiger partial charge in [0.25, 0.3) is 0 Å². The maximum Gasteiger partial charge on any atom is 0.338 e. The fourth-order valence-corrected chi connectivity index (χ4v) is 5.03. The van der Waals surface area contributed by atoms with Gasteiger partial charge in [-0.1, -0.05) is 78.9 Å². The molecule has 0 radical (unpaired) electrons. The Kier molecular flexibility index (Phi) is 12.2. The molecular weight excluding hydrogens is 644 g/mol. The number of carbonyl (C=O) groups is 5. The van der Waals surface area contributed by atoms with Gasteiger partial charge in [0.05, 0.1) is 22.3 Å². The lowest BCUT2D eigenvalue weighted by molar-refractivity contribution is -0.290. The summed E-state index contributed by atoms with van der Waals surface area (Å²) in [6.45, 7) is 3.08. The molecule has 0 spiro atoms. The van der Waals surface area contributed by atoms with Crippen molar-refractivity contribution in [2.45, 2.75) is 43.5 Å². The molecule has 1 fully saturated rings. The largest absolute Gasteiger partial charge is 0.459 e. The minimum Gasteiger partial charge on any atom is -0.459 e. The van der Waals surface area contributed by atoms with Gasteiger partial charge < -0.3 is 28.4 Å². The molecule has 0 saturated carbocycles. The smallest absolute Gasteiger partial charge is 0.338 e. The second-order valence-electron chi connectivity index (χ2n) is 11.0. The van der Waals surface area contributed by atoms with E-state index >= 15 is 0 Å². The van der Waals surface area contributed by atoms with Gasteiger partial charge in [0.15, 0.2) is 12.2 Å². The molecule has 256 valence electrons. The van der Waals surface area contributed by atoms with Crippen LogP contribution in [0, 0.1) is 0 Å². The molecule has 0 N–H and O–H groups in total. The number of hydrogen-bond donors (Lipinski definition) is 0. The van der Waals surface area contributed by atoms with Gasteiger partial charge in [0, 0.05) is 6.42 Å². The van der Waals surface area contributed by atoms with Crippen LogP contribution in [0.1, 0.15) is 54.3 Å². The van der Waals surface area contributed by atoms with Crippen molar-refractivity contribution in [2.75, 3.05) is 6.61 Å². The van der Waals surface area contributed by atoms with Gasteiger partial charge in [-0.3, -0.25) is 4.79 Å². The number of esters is 5. The molecule has 1 heterocycles. The van der Waals surface area contributed by atoms with Crippen molar-refractivity contribution in [2.24, 2.45) is 0 Å². The second kappa shape index (κ2) is 17.4. The highest BCUT2D eigenvalue weighted by Gasteiger charge is 2.54. The molecule has 1 aliphatic heterocycles. The lowest BCUT2D eigenvalue weighted by atomic mass is 9.97. The lowest BCUT2D eigenvalue weighted by Crippen LogP contribution is -2.63. The number of carbonyl (C=O) groups excluding carboxylic acids is 5. The van der Waals surface area contributed by atoms with Crippen LogP contribution in [0.4, 0.5) is 0 Å². The van der Waals surface area contributed by atoms with Crippen molar-refractivity contribution in [3.05, 3.63) is 156 Å². The van der Waals surface area contributed by atoms with Crippen LogP contribution in [0.3, 0.4) is 0 Å². The maximum absolute atomic E-state index is 13.6. The van der Waals surface area contributed by atoms with Crippen molar-refractivity contribution in [1.82, 2.24) is 0 Å². The third-order valence-corrected chi connectivity index (χ3v) is 7.54. The molecule has 50 heavy (non-hydrogen) atoms. The van der Waals surface area contributed by atoms with Crippen molar-refractivity contribution in [1.29, 1.82) is 0 Å². The van der Waals surface area contributed by atoms with E-state index in [4.69, 9.17) is 28.4 Å². The van der Waals surface area contributed by atoms with Crippen molar-refractivity contribution < 1.29 is 52.4 Å². The number of ether oxygens (including phenoxy) is 6. The summed E-state index contributed by atoms with van der Waals surface area (Å²) in [5, 5.41) is 0. The normalized spacial score (nSPS) is 19.6. The van der Waals surface area contributed by atoms with Gasteiger partial charge in [0.1, 0.15) is 12.7 Å². The van der Waals surface area contributed by atoms with Crippen LogP contribution >= 0.6 is 0 Å². The Morgan fingerprint density at radius 1 is 0.540 bits per heavy atom. The monoisotopic (exact) mass is 678 g/mol. The Morgan fingerprint density at radius 2 is 0.940 bits per heavy atom. The number of rotatable bonds is 13. The number of hydrogen-bond acceptors (Lipinski definition) is 11. The van der Waals surface area contributed by atoms with Gasteiger partial charge >= 0.3 is 29.8 Å². The third kappa shape index (κ3) is 9.30. The quantitative estimate of drug-likeness (QED) is 0.0969. The predicted molar refractivity (Wildman–Crippen MR) is 178 cm³/mol. The molecule has 11 nitrogen and oxygen atoms in total. The van der Waals surface area contributed by atoms with Crippen molar-refractivity contribution in [3.8, 4) is 0 Å². The predicted octanol–water partition coefficient (Wildman–Crippen LogP) is 5.75. The molecule has 5 rings (SSSR count). The summed E-state index contributed by atoms with van der Waals surface area (Å²) in [6, 6.07) is 32.0. The minimum absolute atomic E-state index is 0.0999. The van der Waals surface area contributed by atoms with E-state index in [0.29, 0.717) is 0 Å². The van der Waals surface area contributed by atoms with Crippen LogP contribution in [0.15, 0.2) is 134 Å². The summed E-state index contributed by atoms with van der Waals surface area (Å²) in [7, 11) is 0. The van der Waals surface area contributed by atoms with E-state index in [1.54, 1.807) is 84.9 Å². The molecule has 4 aromatic rings. The van der Waals surface area contributed by atoms with E-state index in [0.717, 1.165) is 0 Å². The first-order valence-electron chi connectivity index (χ1n) is 15.8. The molecule has 11 heteroatoms. The highest BCUT2D eigenvalue weighted by atomic mass is 16.7. The molecule has 4 aromatic carbocycles. The lowest BCUT2D eigenvalue weighted by Gasteiger charge is -2.43. The second-order valence-corrected chi connectivity index (χ2v) is 11.0. The summed E-state index contributed by atoms with van der Waals surface area (Å²) in [5.74, 6) is -4.04. The van der Waals surface area contributed by atoms with E-state index in [2.05, 4.69) is 6.58 Å². The minimum atomic E-state index is -1.69. The van der Waals surface area contributed by atoms with E-state index in [-0.39, 0.29) is 35.1 Å².